The van der Waals surface area contributed by atoms with Crippen LogP contribution in [0, 0.1) is 0 Å². The summed E-state index contributed by atoms with van der Waals surface area (Å²) in [5.74, 6) is 0.923. The Kier molecular flexibility index (Phi) is 8.24. The number of esters is 1. The van der Waals surface area contributed by atoms with Gasteiger partial charge in [0.1, 0.15) is 0 Å². The Balaban J connectivity index is 3.38. The minimum absolute atomic E-state index is 0.102. The van der Waals surface area contributed by atoms with Gasteiger partial charge in [0.25, 0.3) is 0 Å². The number of thioether (sulfide) groups is 1. The van der Waals surface area contributed by atoms with Crippen molar-refractivity contribution >= 4 is 17.7 Å². The van der Waals surface area contributed by atoms with E-state index in [2.05, 4.69) is 0 Å². The zero-order valence-corrected chi connectivity index (χ0v) is 9.23. The molecule has 13 heavy (non-hydrogen) atoms. The van der Waals surface area contributed by atoms with Gasteiger partial charge in [-0.05, 0) is 25.6 Å². The SMILES string of the molecule is CCOC(=O)CC(C)SCCCN. The number of nitrogens with two attached hydrogens (primary N) is 1. The second kappa shape index (κ2) is 8.38. The highest BCUT2D eigenvalue weighted by atomic mass is 32.2. The molecule has 1 atom stereocenters. The van der Waals surface area contributed by atoms with Crippen LogP contribution in [0.4, 0.5) is 0 Å². The lowest BCUT2D eigenvalue weighted by Crippen LogP contribution is -2.11. The van der Waals surface area contributed by atoms with Crippen molar-refractivity contribution in [2.45, 2.75) is 31.9 Å². The number of ether oxygens (including phenoxy) is 1. The fourth-order valence-electron chi connectivity index (χ4n) is 0.881. The second-order valence-corrected chi connectivity index (χ2v) is 4.38. The van der Waals surface area contributed by atoms with Crippen molar-refractivity contribution in [3.8, 4) is 0 Å². The summed E-state index contributed by atoms with van der Waals surface area (Å²) in [5, 5.41) is 0.339. The summed E-state index contributed by atoms with van der Waals surface area (Å²) in [5.41, 5.74) is 5.36. The van der Waals surface area contributed by atoms with Gasteiger partial charge in [-0.2, -0.15) is 11.8 Å². The molecule has 0 fully saturated rings. The van der Waals surface area contributed by atoms with Crippen LogP contribution in [0.1, 0.15) is 26.7 Å². The molecule has 78 valence electrons. The topological polar surface area (TPSA) is 52.3 Å². The van der Waals surface area contributed by atoms with Crippen molar-refractivity contribution in [3.05, 3.63) is 0 Å². The van der Waals surface area contributed by atoms with E-state index in [4.69, 9.17) is 10.5 Å². The zero-order valence-electron chi connectivity index (χ0n) is 8.41. The monoisotopic (exact) mass is 205 g/mol. The van der Waals surface area contributed by atoms with E-state index in [0.29, 0.717) is 18.3 Å². The lowest BCUT2D eigenvalue weighted by atomic mass is 10.3. The average Bonchev–Trinajstić information content (AvgIpc) is 2.05. The van der Waals surface area contributed by atoms with E-state index < -0.39 is 0 Å². The third-order valence-corrected chi connectivity index (χ3v) is 2.77. The molecule has 0 spiro atoms. The molecular weight excluding hydrogens is 186 g/mol. The largest absolute Gasteiger partial charge is 0.466 e. The molecular formula is C9H19NO2S. The molecule has 3 nitrogen and oxygen atoms in total. The normalized spacial score (nSPS) is 12.5. The summed E-state index contributed by atoms with van der Waals surface area (Å²) >= 11 is 1.77. The molecule has 0 aromatic heterocycles. The van der Waals surface area contributed by atoms with Crippen LogP contribution in [-0.2, 0) is 9.53 Å². The maximum atomic E-state index is 11.0. The van der Waals surface area contributed by atoms with Crippen LogP contribution in [0.3, 0.4) is 0 Å². The molecule has 0 bridgehead atoms. The highest BCUT2D eigenvalue weighted by molar-refractivity contribution is 7.99. The van der Waals surface area contributed by atoms with Gasteiger partial charge in [-0.15, -0.1) is 0 Å². The molecule has 0 aliphatic heterocycles. The van der Waals surface area contributed by atoms with Crippen molar-refractivity contribution in [3.63, 3.8) is 0 Å². The molecule has 1 unspecified atom stereocenters. The first-order chi connectivity index (χ1) is 6.20. The van der Waals surface area contributed by atoms with E-state index in [1.165, 1.54) is 0 Å². The van der Waals surface area contributed by atoms with Gasteiger partial charge in [-0.25, -0.2) is 0 Å². The van der Waals surface area contributed by atoms with Gasteiger partial charge in [-0.1, -0.05) is 6.92 Å². The van der Waals surface area contributed by atoms with Crippen molar-refractivity contribution in [2.75, 3.05) is 18.9 Å². The first-order valence-corrected chi connectivity index (χ1v) is 5.72. The molecule has 0 aromatic rings. The van der Waals surface area contributed by atoms with Gasteiger partial charge in [0.05, 0.1) is 13.0 Å². The van der Waals surface area contributed by atoms with Gasteiger partial charge in [-0.3, -0.25) is 4.79 Å². The number of carbonyl (C=O) groups excluding carboxylic acids is 1. The summed E-state index contributed by atoms with van der Waals surface area (Å²) < 4.78 is 4.84. The van der Waals surface area contributed by atoms with E-state index >= 15 is 0 Å². The van der Waals surface area contributed by atoms with Crippen LogP contribution >= 0.6 is 11.8 Å². The van der Waals surface area contributed by atoms with Crippen molar-refractivity contribution < 1.29 is 9.53 Å². The molecule has 2 N–H and O–H groups in total. The predicted octanol–water partition coefficient (Wildman–Crippen LogP) is 1.41. The average molecular weight is 205 g/mol. The first kappa shape index (κ1) is 12.8. The van der Waals surface area contributed by atoms with E-state index in [1.807, 2.05) is 13.8 Å². The quantitative estimate of drug-likeness (QED) is 0.504. The first-order valence-electron chi connectivity index (χ1n) is 4.68. The molecule has 0 aromatic carbocycles. The van der Waals surface area contributed by atoms with E-state index in [0.717, 1.165) is 18.7 Å². The smallest absolute Gasteiger partial charge is 0.306 e. The fraction of sp³-hybridized carbons (Fsp3) is 0.889. The molecule has 0 aliphatic carbocycles. The van der Waals surface area contributed by atoms with Crippen molar-refractivity contribution in [2.24, 2.45) is 5.73 Å². The summed E-state index contributed by atoms with van der Waals surface area (Å²) in [4.78, 5) is 11.0. The minimum Gasteiger partial charge on any atom is -0.466 e. The van der Waals surface area contributed by atoms with Gasteiger partial charge in [0, 0.05) is 5.25 Å². The number of carbonyl (C=O) groups is 1. The Morgan fingerprint density at radius 1 is 1.62 bits per heavy atom. The molecule has 4 heteroatoms. The van der Waals surface area contributed by atoms with Gasteiger partial charge in [0.2, 0.25) is 0 Å². The number of hydrogen-bond donors (Lipinski definition) is 1. The van der Waals surface area contributed by atoms with Crippen LogP contribution in [0.15, 0.2) is 0 Å². The lowest BCUT2D eigenvalue weighted by Gasteiger charge is -2.09. The Morgan fingerprint density at radius 2 is 2.31 bits per heavy atom. The second-order valence-electron chi connectivity index (χ2n) is 2.83. The number of rotatable bonds is 7. The standard InChI is InChI=1S/C9H19NO2S/c1-3-12-9(11)7-8(2)13-6-4-5-10/h8H,3-7,10H2,1-2H3. The molecule has 0 saturated heterocycles. The Hall–Kier alpha value is -0.220. The summed E-state index contributed by atoms with van der Waals surface area (Å²) in [7, 11) is 0. The molecule has 0 aliphatic rings. The molecule has 0 amide bonds. The van der Waals surface area contributed by atoms with Crippen LogP contribution < -0.4 is 5.73 Å². The maximum absolute atomic E-state index is 11.0. The third-order valence-electron chi connectivity index (χ3n) is 1.51. The lowest BCUT2D eigenvalue weighted by molar-refractivity contribution is -0.142. The Bertz CT molecular complexity index is 142. The van der Waals surface area contributed by atoms with Crippen LogP contribution in [0.5, 0.6) is 0 Å². The van der Waals surface area contributed by atoms with Crippen LogP contribution in [0.2, 0.25) is 0 Å². The summed E-state index contributed by atoms with van der Waals surface area (Å²) in [6.45, 7) is 5.06. The Labute approximate surface area is 84.4 Å². The molecule has 0 rings (SSSR count). The summed E-state index contributed by atoms with van der Waals surface area (Å²) in [6.07, 6.45) is 1.51. The summed E-state index contributed by atoms with van der Waals surface area (Å²) in [6, 6.07) is 0. The highest BCUT2D eigenvalue weighted by Gasteiger charge is 2.09. The van der Waals surface area contributed by atoms with E-state index in [-0.39, 0.29) is 5.97 Å². The minimum atomic E-state index is -0.102. The van der Waals surface area contributed by atoms with Crippen LogP contribution in [-0.4, -0.2) is 30.1 Å². The Morgan fingerprint density at radius 3 is 2.85 bits per heavy atom. The number of hydrogen-bond acceptors (Lipinski definition) is 4. The van der Waals surface area contributed by atoms with E-state index in [9.17, 15) is 4.79 Å². The fourth-order valence-corrected chi connectivity index (χ4v) is 1.87. The van der Waals surface area contributed by atoms with Crippen LogP contribution in [0.25, 0.3) is 0 Å². The predicted molar refractivity (Wildman–Crippen MR) is 56.8 cm³/mol. The van der Waals surface area contributed by atoms with Gasteiger partial charge in [0.15, 0.2) is 0 Å². The van der Waals surface area contributed by atoms with Crippen molar-refractivity contribution in [1.29, 1.82) is 0 Å². The molecule has 0 heterocycles. The van der Waals surface area contributed by atoms with Gasteiger partial charge >= 0.3 is 5.97 Å². The van der Waals surface area contributed by atoms with Crippen molar-refractivity contribution in [1.82, 2.24) is 0 Å². The molecule has 0 saturated carbocycles. The highest BCUT2D eigenvalue weighted by Crippen LogP contribution is 2.15. The zero-order chi connectivity index (χ0) is 10.1. The van der Waals surface area contributed by atoms with Gasteiger partial charge < -0.3 is 10.5 Å². The molecule has 0 radical (unpaired) electrons. The van der Waals surface area contributed by atoms with E-state index in [1.54, 1.807) is 11.8 Å². The third kappa shape index (κ3) is 8.12. The maximum Gasteiger partial charge on any atom is 0.306 e.